The molecule has 4 atom stereocenters. The van der Waals surface area contributed by atoms with Gasteiger partial charge in [0, 0.05) is 18.7 Å². The third-order valence-corrected chi connectivity index (χ3v) is 6.06. The molecule has 9 heteroatoms. The molecular weight excluding hydrogens is 435 g/mol. The van der Waals surface area contributed by atoms with Crippen molar-refractivity contribution in [3.8, 4) is 5.75 Å². The summed E-state index contributed by atoms with van der Waals surface area (Å²) in [5, 5.41) is 6.66. The summed E-state index contributed by atoms with van der Waals surface area (Å²) in [5.74, 6) is 0.235. The number of carbonyl (C=O) groups is 1. The fraction of sp³-hybridized carbons (Fsp3) is 0.500. The van der Waals surface area contributed by atoms with E-state index >= 15 is 0 Å². The summed E-state index contributed by atoms with van der Waals surface area (Å²) in [5.41, 5.74) is 2.76. The molecule has 1 saturated heterocycles. The lowest BCUT2D eigenvalue weighted by Gasteiger charge is -2.33. The van der Waals surface area contributed by atoms with E-state index in [1.165, 1.54) is 6.92 Å². The number of alkyl halides is 3. The highest BCUT2D eigenvalue weighted by Crippen LogP contribution is 2.28. The topological polar surface area (TPSA) is 67.6 Å². The summed E-state index contributed by atoms with van der Waals surface area (Å²) in [6.07, 6.45) is -1.19. The van der Waals surface area contributed by atoms with Crippen LogP contribution >= 0.6 is 0 Å². The van der Waals surface area contributed by atoms with Gasteiger partial charge in [-0.3, -0.25) is 5.32 Å². The van der Waals surface area contributed by atoms with Crippen LogP contribution in [0.2, 0.25) is 0 Å². The second kappa shape index (κ2) is 10.8. The van der Waals surface area contributed by atoms with Crippen LogP contribution in [-0.4, -0.2) is 48.4 Å². The first-order chi connectivity index (χ1) is 15.7. The van der Waals surface area contributed by atoms with E-state index < -0.39 is 25.1 Å². The van der Waals surface area contributed by atoms with Crippen LogP contribution in [-0.2, 0) is 0 Å². The number of aryl methyl sites for hydroxylation is 1. The molecule has 4 unspecified atom stereocenters. The molecular formula is C24H30F3N3O3. The third-order valence-electron chi connectivity index (χ3n) is 6.06. The van der Waals surface area contributed by atoms with Gasteiger partial charge in [-0.05, 0) is 43.9 Å². The van der Waals surface area contributed by atoms with Crippen molar-refractivity contribution in [2.45, 2.75) is 46.6 Å². The van der Waals surface area contributed by atoms with Crippen LogP contribution in [0.5, 0.6) is 5.75 Å². The minimum absolute atomic E-state index is 0.111. The smallest absolute Gasteiger partial charge is 0.323 e. The van der Waals surface area contributed by atoms with Crippen molar-refractivity contribution in [1.82, 2.24) is 10.1 Å². The van der Waals surface area contributed by atoms with Gasteiger partial charge in [0.15, 0.2) is 5.82 Å². The number of ether oxygens (including phenoxy) is 1. The van der Waals surface area contributed by atoms with E-state index in [1.54, 1.807) is 30.0 Å². The van der Waals surface area contributed by atoms with Crippen LogP contribution in [0.15, 0.2) is 34.4 Å². The molecule has 6 nitrogen and oxygen atoms in total. The first-order valence-corrected chi connectivity index (χ1v) is 11.0. The maximum absolute atomic E-state index is 14.2. The number of benzene rings is 1. The Labute approximate surface area is 191 Å². The minimum atomic E-state index is -1.95. The molecule has 2 heterocycles. The van der Waals surface area contributed by atoms with E-state index in [0.29, 0.717) is 31.1 Å². The number of urea groups is 1. The maximum atomic E-state index is 14.2. The largest absolute Gasteiger partial charge is 0.460 e. The summed E-state index contributed by atoms with van der Waals surface area (Å²) >= 11 is 0. The molecule has 1 N–H and O–H groups in total. The number of nitrogens with zero attached hydrogens (tertiary/aromatic N) is 2. The maximum Gasteiger partial charge on any atom is 0.323 e. The number of piperidine rings is 1. The number of rotatable bonds is 7. The molecule has 1 aromatic carbocycles. The van der Waals surface area contributed by atoms with Gasteiger partial charge in [-0.15, -0.1) is 0 Å². The highest BCUT2D eigenvalue weighted by atomic mass is 19.2. The van der Waals surface area contributed by atoms with Crippen molar-refractivity contribution >= 4 is 17.9 Å². The molecule has 3 rings (SSSR count). The molecule has 1 aliphatic rings. The van der Waals surface area contributed by atoms with Crippen LogP contribution in [0.3, 0.4) is 0 Å². The lowest BCUT2D eigenvalue weighted by molar-refractivity contribution is -0.0181. The Kier molecular flexibility index (Phi) is 8.05. The van der Waals surface area contributed by atoms with Crippen molar-refractivity contribution in [2.75, 3.05) is 25.1 Å². The summed E-state index contributed by atoms with van der Waals surface area (Å²) in [6, 6.07) is 6.59. The van der Waals surface area contributed by atoms with Gasteiger partial charge in [-0.2, -0.15) is 0 Å². The minimum Gasteiger partial charge on any atom is -0.460 e. The van der Waals surface area contributed by atoms with Crippen molar-refractivity contribution in [3.63, 3.8) is 0 Å². The number of halogens is 3. The molecule has 0 saturated carbocycles. The predicted octanol–water partition coefficient (Wildman–Crippen LogP) is 5.87. The molecule has 180 valence electrons. The van der Waals surface area contributed by atoms with Crippen LogP contribution in [0.1, 0.15) is 37.2 Å². The van der Waals surface area contributed by atoms with Crippen molar-refractivity contribution in [1.29, 1.82) is 0 Å². The summed E-state index contributed by atoms with van der Waals surface area (Å²) in [7, 11) is 0. The van der Waals surface area contributed by atoms with E-state index in [9.17, 15) is 18.0 Å². The van der Waals surface area contributed by atoms with E-state index in [-0.39, 0.29) is 17.7 Å². The first kappa shape index (κ1) is 24.7. The number of aromatic nitrogens is 1. The van der Waals surface area contributed by atoms with Gasteiger partial charge >= 0.3 is 6.03 Å². The summed E-state index contributed by atoms with van der Waals surface area (Å²) in [6.45, 7) is 6.76. The normalized spacial score (nSPS) is 20.4. The lowest BCUT2D eigenvalue weighted by atomic mass is 9.91. The third kappa shape index (κ3) is 6.09. The highest BCUT2D eigenvalue weighted by molar-refractivity contribution is 5.89. The average Bonchev–Trinajstić information content (AvgIpc) is 3.11. The first-order valence-electron chi connectivity index (χ1n) is 11.0. The Bertz CT molecular complexity index is 994. The fourth-order valence-electron chi connectivity index (χ4n) is 3.60. The molecule has 0 bridgehead atoms. The molecule has 2 amide bonds. The number of hydrogen-bond acceptors (Lipinski definition) is 4. The predicted molar refractivity (Wildman–Crippen MR) is 120 cm³/mol. The number of amides is 2. The van der Waals surface area contributed by atoms with Gasteiger partial charge in [0.25, 0.3) is 0 Å². The van der Waals surface area contributed by atoms with Gasteiger partial charge in [-0.25, -0.2) is 18.0 Å². The number of anilines is 1. The summed E-state index contributed by atoms with van der Waals surface area (Å²) in [4.78, 5) is 14.4. The number of carbonyl (C=O) groups excluding carboxylic acids is 1. The second-order valence-electron chi connectivity index (χ2n) is 8.53. The average molecular weight is 466 g/mol. The van der Waals surface area contributed by atoms with Crippen molar-refractivity contribution in [3.05, 3.63) is 46.7 Å². The van der Waals surface area contributed by atoms with E-state index in [1.807, 2.05) is 26.0 Å². The molecule has 0 radical (unpaired) electrons. The van der Waals surface area contributed by atoms with E-state index in [2.05, 4.69) is 10.5 Å². The van der Waals surface area contributed by atoms with E-state index in [4.69, 9.17) is 9.26 Å². The number of hydrogen-bond donors (Lipinski definition) is 1. The number of nitrogens with one attached hydrogen (secondary N) is 1. The monoisotopic (exact) mass is 465 g/mol. The van der Waals surface area contributed by atoms with Gasteiger partial charge in [0.2, 0.25) is 6.36 Å². The Morgan fingerprint density at radius 1 is 1.39 bits per heavy atom. The molecule has 1 aliphatic heterocycles. The zero-order chi connectivity index (χ0) is 24.1. The van der Waals surface area contributed by atoms with Crippen LogP contribution in [0.4, 0.5) is 23.8 Å². The van der Waals surface area contributed by atoms with Crippen molar-refractivity contribution in [2.24, 2.45) is 11.8 Å². The highest BCUT2D eigenvalue weighted by Gasteiger charge is 2.28. The van der Waals surface area contributed by atoms with Gasteiger partial charge < -0.3 is 14.2 Å². The zero-order valence-corrected chi connectivity index (χ0v) is 19.3. The van der Waals surface area contributed by atoms with Crippen molar-refractivity contribution < 1.29 is 27.2 Å². The van der Waals surface area contributed by atoms with Crippen LogP contribution < -0.4 is 10.1 Å². The lowest BCUT2D eigenvalue weighted by Crippen LogP contribution is -2.42. The zero-order valence-electron chi connectivity index (χ0n) is 19.3. The van der Waals surface area contributed by atoms with Crippen LogP contribution in [0.25, 0.3) is 6.08 Å². The second-order valence-corrected chi connectivity index (χ2v) is 8.53. The molecule has 1 fully saturated rings. The summed E-state index contributed by atoms with van der Waals surface area (Å²) < 4.78 is 50.3. The SMILES string of the molecule is Cc1onc(NC(=O)N2CCC(=Cc3cccc(OC(F)C(C)C(F)CF)c3)C(C)C2)c1C. The molecule has 1 aromatic heterocycles. The Hall–Kier alpha value is -2.97. The van der Waals surface area contributed by atoms with Gasteiger partial charge in [0.05, 0.1) is 5.92 Å². The van der Waals surface area contributed by atoms with Gasteiger partial charge in [-0.1, -0.05) is 42.8 Å². The Morgan fingerprint density at radius 3 is 2.79 bits per heavy atom. The fourth-order valence-corrected chi connectivity index (χ4v) is 3.60. The molecule has 0 spiro atoms. The van der Waals surface area contributed by atoms with E-state index in [0.717, 1.165) is 16.7 Å². The number of likely N-dealkylation sites (tertiary alicyclic amines) is 1. The Morgan fingerprint density at radius 2 is 2.15 bits per heavy atom. The standard InChI is InChI=1S/C24H30F3N3O3/c1-14-13-30(24(31)28-23-15(2)17(4)33-29-23)9-8-19(14)10-18-6-5-7-20(11-18)32-22(27)16(3)21(26)12-25/h5-7,10-11,14,16,21-22H,8-9,12-13H2,1-4H3,(H,28,29,31). The quantitative estimate of drug-likeness (QED) is 0.556. The van der Waals surface area contributed by atoms with Gasteiger partial charge in [0.1, 0.15) is 24.4 Å². The molecule has 33 heavy (non-hydrogen) atoms. The Balaban J connectivity index is 1.61. The molecule has 0 aliphatic carbocycles. The molecule has 2 aromatic rings. The van der Waals surface area contributed by atoms with Crippen LogP contribution in [0, 0.1) is 25.7 Å².